The smallest absolute Gasteiger partial charge is 0.220 e. The molecule has 0 aliphatic heterocycles. The van der Waals surface area contributed by atoms with Crippen LogP contribution < -0.4 is 5.32 Å². The third kappa shape index (κ3) is 11.1. The van der Waals surface area contributed by atoms with Crippen LogP contribution in [0, 0.1) is 0 Å². The van der Waals surface area contributed by atoms with Gasteiger partial charge in [-0.25, -0.2) is 0 Å². The summed E-state index contributed by atoms with van der Waals surface area (Å²) in [6.07, 6.45) is 8.25. The highest BCUT2D eigenvalue weighted by atomic mass is 16.1. The number of rotatable bonds is 7. The summed E-state index contributed by atoms with van der Waals surface area (Å²) in [7, 11) is 0. The average Bonchev–Trinajstić information content (AvgIpc) is 2.08. The highest BCUT2D eigenvalue weighted by molar-refractivity contribution is 5.76. The number of nitrogens with one attached hydrogen (secondary N) is 1. The Kier molecular flexibility index (Phi) is 7.10. The molecule has 0 aliphatic carbocycles. The van der Waals surface area contributed by atoms with Crippen molar-refractivity contribution in [2.45, 2.75) is 64.8 Å². The number of amides is 1. The van der Waals surface area contributed by atoms with E-state index in [0.29, 0.717) is 6.42 Å². The number of hydrogen-bond donors (Lipinski definition) is 1. The van der Waals surface area contributed by atoms with E-state index in [4.69, 9.17) is 0 Å². The van der Waals surface area contributed by atoms with Crippen molar-refractivity contribution in [1.82, 2.24) is 5.32 Å². The van der Waals surface area contributed by atoms with E-state index < -0.39 is 0 Å². The van der Waals surface area contributed by atoms with Crippen molar-refractivity contribution in [2.75, 3.05) is 0 Å². The van der Waals surface area contributed by atoms with Crippen LogP contribution in [0.15, 0.2) is 12.7 Å². The average molecular weight is 211 g/mol. The molecule has 0 atom stereocenters. The maximum atomic E-state index is 11.4. The quantitative estimate of drug-likeness (QED) is 0.507. The van der Waals surface area contributed by atoms with Gasteiger partial charge >= 0.3 is 0 Å². The van der Waals surface area contributed by atoms with Gasteiger partial charge in [-0.3, -0.25) is 4.79 Å². The maximum absolute atomic E-state index is 11.4. The topological polar surface area (TPSA) is 29.1 Å². The minimum Gasteiger partial charge on any atom is -0.352 e. The normalized spacial score (nSPS) is 11.1. The highest BCUT2D eigenvalue weighted by Crippen LogP contribution is 2.06. The molecule has 2 heteroatoms. The summed E-state index contributed by atoms with van der Waals surface area (Å²) in [5.41, 5.74) is -0.0973. The molecule has 0 unspecified atom stereocenters. The van der Waals surface area contributed by atoms with Crippen molar-refractivity contribution in [3.05, 3.63) is 12.7 Å². The second-order valence-electron chi connectivity index (χ2n) is 5.04. The van der Waals surface area contributed by atoms with Crippen LogP contribution in [0.2, 0.25) is 0 Å². The second kappa shape index (κ2) is 7.49. The molecule has 0 aromatic carbocycles. The summed E-state index contributed by atoms with van der Waals surface area (Å²) in [5, 5.41) is 2.97. The van der Waals surface area contributed by atoms with Crippen LogP contribution in [0.1, 0.15) is 59.3 Å². The van der Waals surface area contributed by atoms with Gasteiger partial charge in [0.25, 0.3) is 0 Å². The molecular formula is C13H25NO. The summed E-state index contributed by atoms with van der Waals surface area (Å²) < 4.78 is 0. The molecule has 0 spiro atoms. The Bertz CT molecular complexity index is 191. The van der Waals surface area contributed by atoms with Gasteiger partial charge in [0.15, 0.2) is 0 Å². The summed E-state index contributed by atoms with van der Waals surface area (Å²) in [6, 6.07) is 0. The molecule has 1 N–H and O–H groups in total. The van der Waals surface area contributed by atoms with Gasteiger partial charge in [-0.05, 0) is 40.0 Å². The van der Waals surface area contributed by atoms with Gasteiger partial charge in [-0.15, -0.1) is 6.58 Å². The predicted octanol–water partition coefficient (Wildman–Crippen LogP) is 3.43. The van der Waals surface area contributed by atoms with E-state index in [1.165, 1.54) is 12.8 Å². The van der Waals surface area contributed by atoms with Crippen molar-refractivity contribution in [3.63, 3.8) is 0 Å². The lowest BCUT2D eigenvalue weighted by molar-refractivity contribution is -0.122. The zero-order chi connectivity index (χ0) is 11.7. The minimum atomic E-state index is -0.0973. The minimum absolute atomic E-state index is 0.0973. The molecule has 0 saturated heterocycles. The standard InChI is InChI=1S/C13H25NO/c1-5-6-7-8-9-10-11-12(15)14-13(2,3)4/h5H,1,6-11H2,2-4H3,(H,14,15). The van der Waals surface area contributed by atoms with Gasteiger partial charge in [-0.2, -0.15) is 0 Å². The Morgan fingerprint density at radius 2 is 1.80 bits per heavy atom. The van der Waals surface area contributed by atoms with E-state index in [1.54, 1.807) is 0 Å². The van der Waals surface area contributed by atoms with E-state index in [9.17, 15) is 4.79 Å². The summed E-state index contributed by atoms with van der Waals surface area (Å²) in [5.74, 6) is 0.172. The van der Waals surface area contributed by atoms with Crippen LogP contribution in [0.5, 0.6) is 0 Å². The Balaban J connectivity index is 3.36. The Labute approximate surface area is 94.1 Å². The van der Waals surface area contributed by atoms with Gasteiger partial charge in [-0.1, -0.05) is 18.9 Å². The van der Waals surface area contributed by atoms with Gasteiger partial charge < -0.3 is 5.32 Å². The van der Waals surface area contributed by atoms with Crippen LogP contribution in [0.4, 0.5) is 0 Å². The van der Waals surface area contributed by atoms with E-state index in [-0.39, 0.29) is 11.4 Å². The first-order valence-corrected chi connectivity index (χ1v) is 5.87. The first-order valence-electron chi connectivity index (χ1n) is 5.87. The van der Waals surface area contributed by atoms with Crippen molar-refractivity contribution >= 4 is 5.91 Å². The highest BCUT2D eigenvalue weighted by Gasteiger charge is 2.12. The van der Waals surface area contributed by atoms with Crippen LogP contribution in [0.25, 0.3) is 0 Å². The molecule has 0 bridgehead atoms. The van der Waals surface area contributed by atoms with Crippen molar-refractivity contribution in [2.24, 2.45) is 0 Å². The van der Waals surface area contributed by atoms with Crippen molar-refractivity contribution < 1.29 is 4.79 Å². The number of allylic oxidation sites excluding steroid dienone is 1. The summed E-state index contributed by atoms with van der Waals surface area (Å²) in [4.78, 5) is 11.4. The van der Waals surface area contributed by atoms with Gasteiger partial charge in [0.1, 0.15) is 0 Å². The Morgan fingerprint density at radius 3 is 2.33 bits per heavy atom. The van der Waals surface area contributed by atoms with Crippen LogP contribution in [0.3, 0.4) is 0 Å². The van der Waals surface area contributed by atoms with Gasteiger partial charge in [0.2, 0.25) is 5.91 Å². The monoisotopic (exact) mass is 211 g/mol. The van der Waals surface area contributed by atoms with Gasteiger partial charge in [0, 0.05) is 12.0 Å². The van der Waals surface area contributed by atoms with Crippen LogP contribution >= 0.6 is 0 Å². The number of hydrogen-bond acceptors (Lipinski definition) is 1. The van der Waals surface area contributed by atoms with E-state index in [0.717, 1.165) is 19.3 Å². The molecule has 1 amide bonds. The van der Waals surface area contributed by atoms with Gasteiger partial charge in [0.05, 0.1) is 0 Å². The zero-order valence-electron chi connectivity index (χ0n) is 10.4. The largest absolute Gasteiger partial charge is 0.352 e. The fraction of sp³-hybridized carbons (Fsp3) is 0.769. The molecule has 0 aromatic heterocycles. The zero-order valence-corrected chi connectivity index (χ0v) is 10.4. The molecule has 0 aliphatic rings. The number of carbonyl (C=O) groups excluding carboxylic acids is 1. The van der Waals surface area contributed by atoms with Crippen LogP contribution in [-0.2, 0) is 4.79 Å². The summed E-state index contributed by atoms with van der Waals surface area (Å²) in [6.45, 7) is 9.71. The van der Waals surface area contributed by atoms with Crippen molar-refractivity contribution in [3.8, 4) is 0 Å². The molecule has 88 valence electrons. The molecule has 0 aromatic rings. The SMILES string of the molecule is C=CCCCCCCC(=O)NC(C)(C)C. The molecular weight excluding hydrogens is 186 g/mol. The van der Waals surface area contributed by atoms with Crippen LogP contribution in [-0.4, -0.2) is 11.4 Å². The summed E-state index contributed by atoms with van der Waals surface area (Å²) >= 11 is 0. The lowest BCUT2D eigenvalue weighted by Crippen LogP contribution is -2.40. The third-order valence-corrected chi connectivity index (χ3v) is 2.08. The van der Waals surface area contributed by atoms with E-state index in [1.807, 2.05) is 26.8 Å². The molecule has 0 heterocycles. The fourth-order valence-corrected chi connectivity index (χ4v) is 1.41. The molecule has 0 rings (SSSR count). The first-order chi connectivity index (χ1) is 6.95. The van der Waals surface area contributed by atoms with E-state index >= 15 is 0 Å². The third-order valence-electron chi connectivity index (χ3n) is 2.08. The second-order valence-corrected chi connectivity index (χ2v) is 5.04. The molecule has 15 heavy (non-hydrogen) atoms. The molecule has 0 fully saturated rings. The molecule has 0 saturated carbocycles. The molecule has 2 nitrogen and oxygen atoms in total. The van der Waals surface area contributed by atoms with E-state index in [2.05, 4.69) is 11.9 Å². The molecule has 0 radical (unpaired) electrons. The lowest BCUT2D eigenvalue weighted by Gasteiger charge is -2.20. The fourth-order valence-electron chi connectivity index (χ4n) is 1.41. The number of carbonyl (C=O) groups is 1. The predicted molar refractivity (Wildman–Crippen MR) is 65.8 cm³/mol. The lowest BCUT2D eigenvalue weighted by atomic mass is 10.1. The van der Waals surface area contributed by atoms with Crippen molar-refractivity contribution in [1.29, 1.82) is 0 Å². The first kappa shape index (κ1) is 14.2. The number of unbranched alkanes of at least 4 members (excludes halogenated alkanes) is 4. The Morgan fingerprint density at radius 1 is 1.20 bits per heavy atom. The Hall–Kier alpha value is -0.790. The maximum Gasteiger partial charge on any atom is 0.220 e.